The van der Waals surface area contributed by atoms with Crippen LogP contribution in [0, 0.1) is 0 Å². The Bertz CT molecular complexity index is 613. The van der Waals surface area contributed by atoms with Gasteiger partial charge in [0.25, 0.3) is 0 Å². The van der Waals surface area contributed by atoms with E-state index in [0.717, 1.165) is 10.9 Å². The molecule has 1 aromatic carbocycles. The van der Waals surface area contributed by atoms with E-state index in [0.29, 0.717) is 24.9 Å². The third kappa shape index (κ3) is 4.01. The van der Waals surface area contributed by atoms with Gasteiger partial charge in [0.15, 0.2) is 0 Å². The number of nitrogen functional groups attached to an aromatic ring is 1. The van der Waals surface area contributed by atoms with Gasteiger partial charge in [-0.15, -0.1) is 0 Å². The second-order valence-corrected chi connectivity index (χ2v) is 5.65. The van der Waals surface area contributed by atoms with E-state index in [1.807, 2.05) is 43.3 Å². The fraction of sp³-hybridized carbons (Fsp3) is 0.429. The maximum Gasteiger partial charge on any atom is 0.239 e. The lowest BCUT2D eigenvalue weighted by Crippen LogP contribution is -2.43. The minimum absolute atomic E-state index is 0.337. The number of likely N-dealkylation sites (N-methyl/N-ethyl adjacent to an activating group) is 1. The van der Waals surface area contributed by atoms with Gasteiger partial charge in [-0.3, -0.25) is 5.43 Å². The quantitative estimate of drug-likeness (QED) is 0.457. The lowest BCUT2D eigenvalue weighted by Gasteiger charge is -2.27. The van der Waals surface area contributed by atoms with Crippen LogP contribution in [0.4, 0.5) is 11.8 Å². The molecule has 0 bridgehead atoms. The summed E-state index contributed by atoms with van der Waals surface area (Å²) >= 11 is 0. The number of anilines is 2. The van der Waals surface area contributed by atoms with Gasteiger partial charge in [0.2, 0.25) is 5.95 Å². The number of aromatic nitrogens is 2. The molecule has 0 spiro atoms. The molecule has 114 valence electrons. The van der Waals surface area contributed by atoms with Crippen LogP contribution in [-0.4, -0.2) is 52.8 Å². The zero-order chi connectivity index (χ0) is 15.5. The minimum atomic E-state index is -0.869. The van der Waals surface area contributed by atoms with Crippen molar-refractivity contribution in [3.63, 3.8) is 0 Å². The van der Waals surface area contributed by atoms with E-state index < -0.39 is 5.60 Å². The van der Waals surface area contributed by atoms with Crippen LogP contribution in [0.5, 0.6) is 0 Å². The van der Waals surface area contributed by atoms with Crippen LogP contribution in [0.1, 0.15) is 6.92 Å². The highest BCUT2D eigenvalue weighted by Crippen LogP contribution is 2.22. The van der Waals surface area contributed by atoms with E-state index in [9.17, 15) is 5.11 Å². The smallest absolute Gasteiger partial charge is 0.239 e. The first-order chi connectivity index (χ1) is 9.91. The molecular formula is C14H22N6O. The van der Waals surface area contributed by atoms with E-state index in [2.05, 4.69) is 20.7 Å². The van der Waals surface area contributed by atoms with E-state index >= 15 is 0 Å². The van der Waals surface area contributed by atoms with Crippen molar-refractivity contribution in [3.05, 3.63) is 24.3 Å². The number of fused-ring (bicyclic) bond motifs is 1. The molecule has 0 aliphatic rings. The number of rotatable bonds is 6. The summed E-state index contributed by atoms with van der Waals surface area (Å²) in [6.07, 6.45) is 0. The first-order valence-electron chi connectivity index (χ1n) is 6.76. The molecule has 0 radical (unpaired) electrons. The lowest BCUT2D eigenvalue weighted by atomic mass is 10.1. The van der Waals surface area contributed by atoms with Gasteiger partial charge in [-0.1, -0.05) is 12.1 Å². The van der Waals surface area contributed by atoms with Crippen LogP contribution in [0.25, 0.3) is 10.9 Å². The molecule has 1 aromatic heterocycles. The summed E-state index contributed by atoms with van der Waals surface area (Å²) in [6.45, 7) is 2.70. The number of hydrazine groups is 1. The summed E-state index contributed by atoms with van der Waals surface area (Å²) < 4.78 is 0. The number of para-hydroxylation sites is 1. The number of nitrogens with two attached hydrogens (primary N) is 1. The second kappa shape index (κ2) is 6.21. The van der Waals surface area contributed by atoms with Crippen molar-refractivity contribution >= 4 is 22.7 Å². The molecular weight excluding hydrogens is 268 g/mol. The van der Waals surface area contributed by atoms with Crippen LogP contribution < -0.4 is 16.6 Å². The Kier molecular flexibility index (Phi) is 4.56. The number of nitrogens with zero attached hydrogens (tertiary/aromatic N) is 3. The molecule has 2 rings (SSSR count). The van der Waals surface area contributed by atoms with Crippen molar-refractivity contribution in [3.8, 4) is 0 Å². The highest BCUT2D eigenvalue weighted by Gasteiger charge is 2.21. The molecule has 0 fully saturated rings. The SMILES string of the molecule is CN(C)CC(C)(O)CNc1nc(NN)nc2ccccc12. The van der Waals surface area contributed by atoms with Crippen molar-refractivity contribution < 1.29 is 5.11 Å². The average molecular weight is 290 g/mol. The van der Waals surface area contributed by atoms with Crippen LogP contribution in [0.2, 0.25) is 0 Å². The Morgan fingerprint density at radius 1 is 1.29 bits per heavy atom. The average Bonchev–Trinajstić information content (AvgIpc) is 2.43. The fourth-order valence-electron chi connectivity index (χ4n) is 2.29. The number of aliphatic hydroxyl groups is 1. The third-order valence-electron chi connectivity index (χ3n) is 3.03. The molecule has 0 aliphatic heterocycles. The molecule has 1 heterocycles. The van der Waals surface area contributed by atoms with Crippen LogP contribution in [0.15, 0.2) is 24.3 Å². The zero-order valence-corrected chi connectivity index (χ0v) is 12.6. The van der Waals surface area contributed by atoms with Gasteiger partial charge in [-0.2, -0.15) is 4.98 Å². The van der Waals surface area contributed by atoms with E-state index in [1.54, 1.807) is 6.92 Å². The standard InChI is InChI=1S/C14H22N6O/c1-14(21,9-20(2)3)8-16-12-10-6-4-5-7-11(10)17-13(18-12)19-15/h4-7,21H,8-9,15H2,1-3H3,(H2,16,17,18,19). The minimum Gasteiger partial charge on any atom is -0.387 e. The molecule has 0 saturated heterocycles. The Labute approximate surface area is 124 Å². The van der Waals surface area contributed by atoms with Crippen LogP contribution in [-0.2, 0) is 0 Å². The maximum absolute atomic E-state index is 10.4. The number of hydrogen-bond acceptors (Lipinski definition) is 7. The molecule has 2 aromatic rings. The van der Waals surface area contributed by atoms with Gasteiger partial charge in [-0.25, -0.2) is 10.8 Å². The Morgan fingerprint density at radius 3 is 2.67 bits per heavy atom. The van der Waals surface area contributed by atoms with E-state index in [4.69, 9.17) is 5.84 Å². The summed E-state index contributed by atoms with van der Waals surface area (Å²) in [5, 5.41) is 14.4. The molecule has 0 amide bonds. The number of benzene rings is 1. The Morgan fingerprint density at radius 2 is 2.00 bits per heavy atom. The second-order valence-electron chi connectivity index (χ2n) is 5.65. The first-order valence-corrected chi connectivity index (χ1v) is 6.76. The summed E-state index contributed by atoms with van der Waals surface area (Å²) in [5.74, 6) is 6.38. The highest BCUT2D eigenvalue weighted by atomic mass is 16.3. The zero-order valence-electron chi connectivity index (χ0n) is 12.6. The van der Waals surface area contributed by atoms with Crippen molar-refractivity contribution in [2.75, 3.05) is 37.9 Å². The van der Waals surface area contributed by atoms with Gasteiger partial charge in [0, 0.05) is 18.5 Å². The maximum atomic E-state index is 10.4. The van der Waals surface area contributed by atoms with Gasteiger partial charge < -0.3 is 15.3 Å². The predicted octanol–water partition coefficient (Wildman–Crippen LogP) is 0.640. The van der Waals surface area contributed by atoms with Crippen molar-refractivity contribution in [2.24, 2.45) is 5.84 Å². The van der Waals surface area contributed by atoms with E-state index in [1.165, 1.54) is 0 Å². The topological polar surface area (TPSA) is 99.3 Å². The fourth-order valence-corrected chi connectivity index (χ4v) is 2.29. The summed E-state index contributed by atoms with van der Waals surface area (Å²) in [5.41, 5.74) is 2.37. The predicted molar refractivity (Wildman–Crippen MR) is 85.0 cm³/mol. The monoisotopic (exact) mass is 290 g/mol. The molecule has 1 atom stereocenters. The van der Waals surface area contributed by atoms with Gasteiger partial charge in [-0.05, 0) is 33.2 Å². The van der Waals surface area contributed by atoms with Crippen molar-refractivity contribution in [1.82, 2.24) is 14.9 Å². The molecule has 7 heteroatoms. The van der Waals surface area contributed by atoms with Crippen molar-refractivity contribution in [2.45, 2.75) is 12.5 Å². The molecule has 5 N–H and O–H groups in total. The highest BCUT2D eigenvalue weighted by molar-refractivity contribution is 5.89. The number of nitrogens with one attached hydrogen (secondary N) is 2. The van der Waals surface area contributed by atoms with Gasteiger partial charge in [0.1, 0.15) is 5.82 Å². The summed E-state index contributed by atoms with van der Waals surface area (Å²) in [6, 6.07) is 7.64. The molecule has 1 unspecified atom stereocenters. The van der Waals surface area contributed by atoms with Crippen LogP contribution in [0.3, 0.4) is 0 Å². The van der Waals surface area contributed by atoms with Gasteiger partial charge >= 0.3 is 0 Å². The van der Waals surface area contributed by atoms with Crippen LogP contribution >= 0.6 is 0 Å². The normalized spacial score (nSPS) is 14.2. The Balaban J connectivity index is 2.25. The molecule has 0 saturated carbocycles. The lowest BCUT2D eigenvalue weighted by molar-refractivity contribution is 0.0459. The van der Waals surface area contributed by atoms with E-state index in [-0.39, 0.29) is 0 Å². The largest absolute Gasteiger partial charge is 0.387 e. The molecule has 21 heavy (non-hydrogen) atoms. The Hall–Kier alpha value is -1.96. The molecule has 0 aliphatic carbocycles. The number of hydrogen-bond donors (Lipinski definition) is 4. The summed E-state index contributed by atoms with van der Waals surface area (Å²) in [7, 11) is 3.84. The molecule has 7 nitrogen and oxygen atoms in total. The van der Waals surface area contributed by atoms with Crippen molar-refractivity contribution in [1.29, 1.82) is 0 Å². The third-order valence-corrected chi connectivity index (χ3v) is 3.03. The van der Waals surface area contributed by atoms with Gasteiger partial charge in [0.05, 0.1) is 11.1 Å². The first kappa shape index (κ1) is 15.4. The summed E-state index contributed by atoms with van der Waals surface area (Å²) in [4.78, 5) is 10.5.